The smallest absolute Gasteiger partial charge is 0.339 e. The number of halogens is 1. The lowest BCUT2D eigenvalue weighted by Gasteiger charge is -2.08. The van der Waals surface area contributed by atoms with Gasteiger partial charge < -0.3 is 9.84 Å². The lowest BCUT2D eigenvalue weighted by atomic mass is 10.2. The number of pyridine rings is 1. The first-order valence-corrected chi connectivity index (χ1v) is 6.27. The van der Waals surface area contributed by atoms with Crippen LogP contribution in [0.3, 0.4) is 0 Å². The third kappa shape index (κ3) is 2.98. The van der Waals surface area contributed by atoms with Crippen molar-refractivity contribution in [2.75, 3.05) is 0 Å². The van der Waals surface area contributed by atoms with E-state index in [1.54, 1.807) is 30.5 Å². The first kappa shape index (κ1) is 12.8. The van der Waals surface area contributed by atoms with Crippen LogP contribution in [0.4, 0.5) is 0 Å². The van der Waals surface area contributed by atoms with Crippen molar-refractivity contribution in [1.29, 1.82) is 0 Å². The molecule has 0 fully saturated rings. The molecule has 1 aromatic heterocycles. The zero-order valence-electron chi connectivity index (χ0n) is 9.55. The minimum absolute atomic E-state index is 0.129. The maximum Gasteiger partial charge on any atom is 0.339 e. The molecule has 0 saturated carbocycles. The van der Waals surface area contributed by atoms with Gasteiger partial charge in [-0.2, -0.15) is 0 Å². The monoisotopic (exact) mass is 355 g/mol. The lowest BCUT2D eigenvalue weighted by Crippen LogP contribution is -2.01. The van der Waals surface area contributed by atoms with Gasteiger partial charge in [0.15, 0.2) is 0 Å². The van der Waals surface area contributed by atoms with Gasteiger partial charge in [-0.15, -0.1) is 0 Å². The van der Waals surface area contributed by atoms with Crippen LogP contribution in [0.1, 0.15) is 15.9 Å². The molecule has 0 aliphatic carbocycles. The Bertz CT molecular complexity index is 581. The van der Waals surface area contributed by atoms with Crippen molar-refractivity contribution < 1.29 is 14.6 Å². The number of hydrogen-bond donors (Lipinski definition) is 1. The zero-order valence-corrected chi connectivity index (χ0v) is 11.7. The number of ether oxygens (including phenoxy) is 1. The number of carboxylic acids is 1. The standard InChI is InChI=1S/C13H10INO3/c1-8-2-5-12(15-7-8)18-11-4-3-9(14)6-10(11)13(16)17/h2-7H,1H3,(H,16,17). The molecule has 2 aromatic rings. The molecule has 5 heteroatoms. The van der Waals surface area contributed by atoms with Gasteiger partial charge in [0.1, 0.15) is 11.3 Å². The van der Waals surface area contributed by atoms with E-state index in [2.05, 4.69) is 27.6 Å². The summed E-state index contributed by atoms with van der Waals surface area (Å²) in [5.74, 6) is -0.348. The van der Waals surface area contributed by atoms with Crippen LogP contribution in [0.5, 0.6) is 11.6 Å². The van der Waals surface area contributed by atoms with Gasteiger partial charge in [-0.25, -0.2) is 9.78 Å². The molecule has 1 N–H and O–H groups in total. The molecular weight excluding hydrogens is 345 g/mol. The number of carbonyl (C=O) groups is 1. The fourth-order valence-electron chi connectivity index (χ4n) is 1.39. The van der Waals surface area contributed by atoms with Crippen molar-refractivity contribution in [3.63, 3.8) is 0 Å². The fourth-order valence-corrected chi connectivity index (χ4v) is 1.88. The van der Waals surface area contributed by atoms with Crippen LogP contribution in [-0.2, 0) is 0 Å². The van der Waals surface area contributed by atoms with Crippen LogP contribution in [0.25, 0.3) is 0 Å². The number of carboxylic acid groups (broad SMARTS) is 1. The van der Waals surface area contributed by atoms with Crippen LogP contribution >= 0.6 is 22.6 Å². The quantitative estimate of drug-likeness (QED) is 0.857. The van der Waals surface area contributed by atoms with Gasteiger partial charge >= 0.3 is 5.97 Å². The average Bonchev–Trinajstić information content (AvgIpc) is 2.34. The predicted molar refractivity (Wildman–Crippen MR) is 75.2 cm³/mol. The molecule has 0 saturated heterocycles. The van der Waals surface area contributed by atoms with Gasteiger partial charge in [0.05, 0.1) is 0 Å². The topological polar surface area (TPSA) is 59.4 Å². The van der Waals surface area contributed by atoms with E-state index in [0.717, 1.165) is 9.13 Å². The number of aromatic carboxylic acids is 1. The van der Waals surface area contributed by atoms with Crippen LogP contribution in [-0.4, -0.2) is 16.1 Å². The molecule has 92 valence electrons. The fraction of sp³-hybridized carbons (Fsp3) is 0.0769. The van der Waals surface area contributed by atoms with E-state index in [9.17, 15) is 4.79 Å². The van der Waals surface area contributed by atoms with Crippen molar-refractivity contribution in [2.45, 2.75) is 6.92 Å². The van der Waals surface area contributed by atoms with Gasteiger partial charge in [0, 0.05) is 15.8 Å². The predicted octanol–water partition coefficient (Wildman–Crippen LogP) is 3.49. The van der Waals surface area contributed by atoms with E-state index in [0.29, 0.717) is 11.6 Å². The molecule has 0 radical (unpaired) electrons. The number of aromatic nitrogens is 1. The van der Waals surface area contributed by atoms with Gasteiger partial charge in [-0.3, -0.25) is 0 Å². The summed E-state index contributed by atoms with van der Waals surface area (Å²) in [4.78, 5) is 15.2. The number of rotatable bonds is 3. The van der Waals surface area contributed by atoms with E-state index in [1.165, 1.54) is 0 Å². The Balaban J connectivity index is 2.34. The molecule has 0 spiro atoms. The van der Waals surface area contributed by atoms with Crippen molar-refractivity contribution in [2.24, 2.45) is 0 Å². The van der Waals surface area contributed by atoms with E-state index in [-0.39, 0.29) is 5.56 Å². The molecule has 0 atom stereocenters. The summed E-state index contributed by atoms with van der Waals surface area (Å²) in [5.41, 5.74) is 1.15. The van der Waals surface area contributed by atoms with Crippen molar-refractivity contribution >= 4 is 28.6 Å². The molecule has 0 amide bonds. The SMILES string of the molecule is Cc1ccc(Oc2ccc(I)cc2C(=O)O)nc1. The van der Waals surface area contributed by atoms with Gasteiger partial charge in [0.25, 0.3) is 0 Å². The van der Waals surface area contributed by atoms with Crippen LogP contribution in [0, 0.1) is 10.5 Å². The van der Waals surface area contributed by atoms with Gasteiger partial charge in [0.2, 0.25) is 5.88 Å². The molecule has 0 unspecified atom stereocenters. The van der Waals surface area contributed by atoms with Crippen LogP contribution < -0.4 is 4.74 Å². The first-order chi connectivity index (χ1) is 8.56. The van der Waals surface area contributed by atoms with Crippen molar-refractivity contribution in [3.8, 4) is 11.6 Å². The Morgan fingerprint density at radius 2 is 2.11 bits per heavy atom. The number of aryl methyl sites for hydroxylation is 1. The minimum atomic E-state index is -1.02. The summed E-state index contributed by atoms with van der Waals surface area (Å²) in [6.07, 6.45) is 1.67. The second-order valence-corrected chi connectivity index (χ2v) is 4.97. The summed E-state index contributed by atoms with van der Waals surface area (Å²) in [6, 6.07) is 8.55. The molecule has 18 heavy (non-hydrogen) atoms. The maximum absolute atomic E-state index is 11.1. The molecule has 0 aliphatic rings. The highest BCUT2D eigenvalue weighted by molar-refractivity contribution is 14.1. The first-order valence-electron chi connectivity index (χ1n) is 5.19. The summed E-state index contributed by atoms with van der Waals surface area (Å²) in [7, 11) is 0. The van der Waals surface area contributed by atoms with Gasteiger partial charge in [-0.1, -0.05) is 6.07 Å². The second kappa shape index (κ2) is 5.34. The largest absolute Gasteiger partial charge is 0.478 e. The molecule has 0 bridgehead atoms. The molecule has 1 aromatic carbocycles. The van der Waals surface area contributed by atoms with Crippen LogP contribution in [0.2, 0.25) is 0 Å². The zero-order chi connectivity index (χ0) is 13.1. The Labute approximate surface area is 118 Å². The Kier molecular flexibility index (Phi) is 3.81. The number of hydrogen-bond acceptors (Lipinski definition) is 3. The summed E-state index contributed by atoms with van der Waals surface area (Å²) in [6.45, 7) is 1.92. The highest BCUT2D eigenvalue weighted by atomic mass is 127. The van der Waals surface area contributed by atoms with E-state index in [4.69, 9.17) is 9.84 Å². The number of nitrogens with zero attached hydrogens (tertiary/aromatic N) is 1. The molecule has 1 heterocycles. The second-order valence-electron chi connectivity index (χ2n) is 3.72. The van der Waals surface area contributed by atoms with Crippen LogP contribution in [0.15, 0.2) is 36.5 Å². The van der Waals surface area contributed by atoms with E-state index < -0.39 is 5.97 Å². The molecular formula is C13H10INO3. The third-order valence-corrected chi connectivity index (χ3v) is 2.94. The van der Waals surface area contributed by atoms with Gasteiger partial charge in [-0.05, 0) is 53.3 Å². The molecule has 4 nitrogen and oxygen atoms in total. The average molecular weight is 355 g/mol. The lowest BCUT2D eigenvalue weighted by molar-refractivity contribution is 0.0694. The number of benzene rings is 1. The minimum Gasteiger partial charge on any atom is -0.478 e. The highest BCUT2D eigenvalue weighted by Crippen LogP contribution is 2.25. The Morgan fingerprint density at radius 3 is 2.72 bits per heavy atom. The van der Waals surface area contributed by atoms with E-state index in [1.807, 2.05) is 13.0 Å². The Hall–Kier alpha value is -1.63. The van der Waals surface area contributed by atoms with Crippen molar-refractivity contribution in [3.05, 3.63) is 51.2 Å². The maximum atomic E-state index is 11.1. The van der Waals surface area contributed by atoms with E-state index >= 15 is 0 Å². The van der Waals surface area contributed by atoms with Crippen molar-refractivity contribution in [1.82, 2.24) is 4.98 Å². The third-order valence-electron chi connectivity index (χ3n) is 2.27. The molecule has 2 rings (SSSR count). The normalized spacial score (nSPS) is 10.1. The highest BCUT2D eigenvalue weighted by Gasteiger charge is 2.12. The summed E-state index contributed by atoms with van der Waals surface area (Å²) >= 11 is 2.06. The summed E-state index contributed by atoms with van der Waals surface area (Å²) in [5, 5.41) is 9.11. The molecule has 0 aliphatic heterocycles. The summed E-state index contributed by atoms with van der Waals surface area (Å²) < 4.78 is 6.33. The Morgan fingerprint density at radius 1 is 1.33 bits per heavy atom.